The molecule has 2 rings (SSSR count). The van der Waals surface area contributed by atoms with E-state index in [1.807, 2.05) is 42.3 Å². The Morgan fingerprint density at radius 1 is 1.47 bits per heavy atom. The van der Waals surface area contributed by atoms with E-state index in [0.717, 1.165) is 30.0 Å². The molecule has 1 saturated heterocycles. The first-order valence-electron chi connectivity index (χ1n) is 6.31. The van der Waals surface area contributed by atoms with Crippen LogP contribution < -0.4 is 5.73 Å². The monoisotopic (exact) mass is 300 g/mol. The van der Waals surface area contributed by atoms with Crippen LogP contribution in [-0.4, -0.2) is 36.2 Å². The first-order chi connectivity index (χ1) is 8.63. The topological polar surface area (TPSA) is 46.3 Å². The van der Waals surface area contributed by atoms with Gasteiger partial charge in [-0.1, -0.05) is 12.1 Å². The number of amides is 1. The van der Waals surface area contributed by atoms with Crippen molar-refractivity contribution in [2.75, 3.05) is 19.3 Å². The van der Waals surface area contributed by atoms with Gasteiger partial charge in [0.2, 0.25) is 0 Å². The number of rotatable bonds is 3. The van der Waals surface area contributed by atoms with E-state index in [0.29, 0.717) is 5.92 Å². The summed E-state index contributed by atoms with van der Waals surface area (Å²) in [5, 5.41) is 0. The number of thioether (sulfide) groups is 1. The van der Waals surface area contributed by atoms with Gasteiger partial charge in [-0.25, -0.2) is 0 Å². The Bertz CT molecular complexity index is 439. The molecule has 1 amide bonds. The minimum absolute atomic E-state index is 0. The van der Waals surface area contributed by atoms with Crippen LogP contribution in [0.1, 0.15) is 23.7 Å². The molecule has 2 unspecified atom stereocenters. The molecule has 1 aliphatic rings. The molecule has 1 aromatic carbocycles. The number of benzene rings is 1. The van der Waals surface area contributed by atoms with E-state index in [-0.39, 0.29) is 24.4 Å². The number of hydrogen-bond donors (Lipinski definition) is 1. The Morgan fingerprint density at radius 3 is 2.74 bits per heavy atom. The molecule has 0 aromatic heterocycles. The van der Waals surface area contributed by atoms with Crippen LogP contribution in [0.5, 0.6) is 0 Å². The molecule has 1 fully saturated rings. The maximum absolute atomic E-state index is 12.5. The average molecular weight is 301 g/mol. The maximum Gasteiger partial charge on any atom is 0.254 e. The number of carbonyl (C=O) groups is 1. The van der Waals surface area contributed by atoms with Gasteiger partial charge in [0.1, 0.15) is 0 Å². The Labute approximate surface area is 125 Å². The molecule has 106 valence electrons. The van der Waals surface area contributed by atoms with Crippen molar-refractivity contribution in [2.45, 2.75) is 24.3 Å². The zero-order valence-electron chi connectivity index (χ0n) is 11.3. The molecule has 5 heteroatoms. The van der Waals surface area contributed by atoms with Crippen molar-refractivity contribution in [3.05, 3.63) is 29.8 Å². The molecule has 1 heterocycles. The first-order valence-corrected chi connectivity index (χ1v) is 7.54. The first kappa shape index (κ1) is 16.3. The van der Waals surface area contributed by atoms with Crippen molar-refractivity contribution >= 4 is 30.1 Å². The van der Waals surface area contributed by atoms with Crippen LogP contribution in [0.3, 0.4) is 0 Å². The quantitative estimate of drug-likeness (QED) is 0.873. The summed E-state index contributed by atoms with van der Waals surface area (Å²) in [6, 6.07) is 7.96. The highest BCUT2D eigenvalue weighted by Crippen LogP contribution is 2.25. The van der Waals surface area contributed by atoms with Crippen molar-refractivity contribution < 1.29 is 4.79 Å². The van der Waals surface area contributed by atoms with E-state index < -0.39 is 0 Å². The fraction of sp³-hybridized carbons (Fsp3) is 0.500. The zero-order chi connectivity index (χ0) is 13.1. The Balaban J connectivity index is 0.00000180. The number of hydrogen-bond acceptors (Lipinski definition) is 3. The number of nitrogens with zero attached hydrogens (tertiary/aromatic N) is 1. The van der Waals surface area contributed by atoms with Gasteiger partial charge in [0.25, 0.3) is 5.91 Å². The molecule has 0 aliphatic carbocycles. The lowest BCUT2D eigenvalue weighted by Crippen LogP contribution is -2.33. The van der Waals surface area contributed by atoms with Crippen LogP contribution in [-0.2, 0) is 0 Å². The Hall–Kier alpha value is -0.710. The third-order valence-corrected chi connectivity index (χ3v) is 4.39. The predicted molar refractivity (Wildman–Crippen MR) is 83.1 cm³/mol. The number of likely N-dealkylation sites (tertiary alicyclic amines) is 1. The summed E-state index contributed by atoms with van der Waals surface area (Å²) in [6.45, 7) is 3.64. The highest BCUT2D eigenvalue weighted by atomic mass is 35.5. The number of nitrogens with two attached hydrogens (primary N) is 1. The van der Waals surface area contributed by atoms with Gasteiger partial charge < -0.3 is 10.6 Å². The van der Waals surface area contributed by atoms with Crippen LogP contribution in [0.25, 0.3) is 0 Å². The minimum atomic E-state index is 0. The molecule has 0 saturated carbocycles. The second-order valence-corrected chi connectivity index (χ2v) is 5.71. The lowest BCUT2D eigenvalue weighted by molar-refractivity contribution is 0.0782. The third kappa shape index (κ3) is 3.65. The summed E-state index contributed by atoms with van der Waals surface area (Å²) in [5.74, 6) is 0.582. The second-order valence-electron chi connectivity index (χ2n) is 4.86. The summed E-state index contributed by atoms with van der Waals surface area (Å²) in [4.78, 5) is 15.4. The largest absolute Gasteiger partial charge is 0.338 e. The number of carbonyl (C=O) groups excluding carboxylic acids is 1. The van der Waals surface area contributed by atoms with Gasteiger partial charge in [-0.3, -0.25) is 4.79 Å². The standard InChI is InChI=1S/C14H20N2OS.ClH/c1-10(15)11-7-8-16(9-11)14(17)12-5-3-4-6-13(12)18-2;/h3-6,10-11H,7-9,15H2,1-2H3;1H. The van der Waals surface area contributed by atoms with E-state index in [2.05, 4.69) is 0 Å². The summed E-state index contributed by atoms with van der Waals surface area (Å²) in [6.07, 6.45) is 3.02. The molecule has 2 atom stereocenters. The summed E-state index contributed by atoms with van der Waals surface area (Å²) in [7, 11) is 0. The summed E-state index contributed by atoms with van der Waals surface area (Å²) >= 11 is 1.62. The van der Waals surface area contributed by atoms with Crippen molar-refractivity contribution in [2.24, 2.45) is 11.7 Å². The molecule has 1 aliphatic heterocycles. The lowest BCUT2D eigenvalue weighted by Gasteiger charge is -2.19. The zero-order valence-corrected chi connectivity index (χ0v) is 13.0. The molecular formula is C14H21ClN2OS. The van der Waals surface area contributed by atoms with Crippen molar-refractivity contribution in [3.8, 4) is 0 Å². The highest BCUT2D eigenvalue weighted by Gasteiger charge is 2.29. The van der Waals surface area contributed by atoms with E-state index in [1.54, 1.807) is 11.8 Å². The van der Waals surface area contributed by atoms with Crippen LogP contribution in [0.15, 0.2) is 29.2 Å². The SMILES string of the molecule is CSc1ccccc1C(=O)N1CCC(C(C)N)C1.Cl. The average Bonchev–Trinajstić information content (AvgIpc) is 2.87. The molecule has 3 nitrogen and oxygen atoms in total. The second kappa shape index (κ2) is 7.17. The van der Waals surface area contributed by atoms with Crippen molar-refractivity contribution in [1.29, 1.82) is 0 Å². The van der Waals surface area contributed by atoms with Crippen LogP contribution in [0, 0.1) is 5.92 Å². The van der Waals surface area contributed by atoms with E-state index in [9.17, 15) is 4.79 Å². The van der Waals surface area contributed by atoms with Crippen molar-refractivity contribution in [1.82, 2.24) is 4.90 Å². The van der Waals surface area contributed by atoms with Crippen LogP contribution >= 0.6 is 24.2 Å². The lowest BCUT2D eigenvalue weighted by atomic mass is 10.0. The Morgan fingerprint density at radius 2 is 2.16 bits per heavy atom. The van der Waals surface area contributed by atoms with Gasteiger partial charge in [-0.15, -0.1) is 24.2 Å². The fourth-order valence-corrected chi connectivity index (χ4v) is 2.98. The summed E-state index contributed by atoms with van der Waals surface area (Å²) < 4.78 is 0. The van der Waals surface area contributed by atoms with Gasteiger partial charge in [0, 0.05) is 24.0 Å². The molecular weight excluding hydrogens is 280 g/mol. The van der Waals surface area contributed by atoms with E-state index in [1.165, 1.54) is 0 Å². The van der Waals surface area contributed by atoms with Crippen molar-refractivity contribution in [3.63, 3.8) is 0 Å². The third-order valence-electron chi connectivity index (χ3n) is 3.59. The molecule has 0 bridgehead atoms. The fourth-order valence-electron chi connectivity index (χ4n) is 2.39. The van der Waals surface area contributed by atoms with Gasteiger partial charge in [0.15, 0.2) is 0 Å². The smallest absolute Gasteiger partial charge is 0.254 e. The number of halogens is 1. The summed E-state index contributed by atoms with van der Waals surface area (Å²) in [5.41, 5.74) is 6.73. The van der Waals surface area contributed by atoms with Gasteiger partial charge in [-0.2, -0.15) is 0 Å². The van der Waals surface area contributed by atoms with Crippen LogP contribution in [0.4, 0.5) is 0 Å². The molecule has 19 heavy (non-hydrogen) atoms. The molecule has 0 spiro atoms. The van der Waals surface area contributed by atoms with Gasteiger partial charge >= 0.3 is 0 Å². The van der Waals surface area contributed by atoms with Gasteiger partial charge in [-0.05, 0) is 37.7 Å². The van der Waals surface area contributed by atoms with E-state index in [4.69, 9.17) is 5.73 Å². The highest BCUT2D eigenvalue weighted by molar-refractivity contribution is 7.98. The predicted octanol–water partition coefficient (Wildman–Crippen LogP) is 2.64. The van der Waals surface area contributed by atoms with E-state index >= 15 is 0 Å². The Kier molecular flexibility index (Phi) is 6.17. The minimum Gasteiger partial charge on any atom is -0.338 e. The molecule has 1 aromatic rings. The molecule has 0 radical (unpaired) electrons. The van der Waals surface area contributed by atoms with Gasteiger partial charge in [0.05, 0.1) is 5.56 Å². The van der Waals surface area contributed by atoms with Crippen LogP contribution in [0.2, 0.25) is 0 Å². The molecule has 2 N–H and O–H groups in total. The maximum atomic E-state index is 12.5. The normalized spacial score (nSPS) is 19.9.